The molecule has 0 fully saturated rings. The van der Waals surface area contributed by atoms with Gasteiger partial charge in [0.05, 0.1) is 0 Å². The molecule has 8 aromatic rings. The van der Waals surface area contributed by atoms with E-state index in [4.69, 9.17) is 0 Å². The maximum absolute atomic E-state index is 2.30. The quantitative estimate of drug-likeness (QED) is 0.117. The Bertz CT molecular complexity index is 2340. The summed E-state index contributed by atoms with van der Waals surface area (Å²) in [6.45, 7) is 0. The molecule has 0 atom stereocenters. The molecule has 0 aliphatic rings. The van der Waals surface area contributed by atoms with Crippen LogP contribution in [0.15, 0.2) is 218 Å². The molecule has 0 amide bonds. The number of rotatable bonds is 11. The lowest BCUT2D eigenvalue weighted by molar-refractivity contribution is 1.54. The molecule has 266 valence electrons. The summed E-state index contributed by atoms with van der Waals surface area (Å²) in [6, 6.07) is 77.3. The Balaban J connectivity index is 0.984. The van der Waals surface area contributed by atoms with Crippen LogP contribution in [0.25, 0.3) is 58.7 Å². The van der Waals surface area contributed by atoms with Gasteiger partial charge < -0.3 is 0 Å². The van der Waals surface area contributed by atoms with Crippen molar-refractivity contribution in [1.29, 1.82) is 0 Å². The lowest BCUT2D eigenvalue weighted by Crippen LogP contribution is -1.89. The van der Waals surface area contributed by atoms with E-state index in [0.29, 0.717) is 0 Å². The Labute approximate surface area is 331 Å². The Morgan fingerprint density at radius 3 is 0.804 bits per heavy atom. The summed E-state index contributed by atoms with van der Waals surface area (Å²) in [5.74, 6) is 0. The van der Waals surface area contributed by atoms with Crippen molar-refractivity contribution >= 4 is 47.6 Å². The molecule has 8 aromatic carbocycles. The fraction of sp³-hybridized carbons (Fsp3) is 0. The topological polar surface area (TPSA) is 0 Å². The molecule has 0 unspecified atom stereocenters. The van der Waals surface area contributed by atoms with Crippen LogP contribution in [0.4, 0.5) is 0 Å². The van der Waals surface area contributed by atoms with Crippen LogP contribution in [0.3, 0.4) is 0 Å². The average molecular weight is 715 g/mol. The van der Waals surface area contributed by atoms with E-state index >= 15 is 0 Å². The largest absolute Gasteiger partial charge is 0.0622 e. The molecule has 0 nitrogen and oxygen atoms in total. The second-order valence-electron chi connectivity index (χ2n) is 13.7. The van der Waals surface area contributed by atoms with Gasteiger partial charge in [-0.15, -0.1) is 0 Å². The van der Waals surface area contributed by atoms with E-state index in [1.54, 1.807) is 0 Å². The number of hydrogen-bond acceptors (Lipinski definition) is 0. The molecule has 0 spiro atoms. The maximum atomic E-state index is 2.30. The predicted octanol–water partition coefficient (Wildman–Crippen LogP) is 14.9. The van der Waals surface area contributed by atoms with Crippen LogP contribution < -0.4 is 0 Å². The zero-order chi connectivity index (χ0) is 37.8. The smallest absolute Gasteiger partial charge is 0.0105 e. The standard InChI is InChI=1S/C56H42/c1-5-19-49(20-6-1)55(50-21-7-2-8-22-50)41-53-27-15-13-17-45(53)35-29-43-31-37-47(38-32-43)48-39-33-44(34-40-48)30-36-46-18-14-16-28-54(46)42-56(51-23-9-3-10-24-51)52-25-11-4-12-26-52/h1-42H. The van der Waals surface area contributed by atoms with Crippen LogP contribution in [-0.4, -0.2) is 0 Å². The Hall–Kier alpha value is -7.28. The molecule has 0 saturated heterocycles. The fourth-order valence-corrected chi connectivity index (χ4v) is 6.98. The maximum Gasteiger partial charge on any atom is -0.0105 e. The van der Waals surface area contributed by atoms with Crippen molar-refractivity contribution in [2.24, 2.45) is 0 Å². The van der Waals surface area contributed by atoms with Crippen LogP contribution >= 0.6 is 0 Å². The lowest BCUT2D eigenvalue weighted by Gasteiger charge is -2.10. The minimum absolute atomic E-state index is 1.16. The Kier molecular flexibility index (Phi) is 11.3. The molecular weight excluding hydrogens is 673 g/mol. The molecule has 56 heavy (non-hydrogen) atoms. The van der Waals surface area contributed by atoms with Crippen molar-refractivity contribution in [3.05, 3.63) is 274 Å². The molecule has 0 heterocycles. The van der Waals surface area contributed by atoms with Gasteiger partial charge in [-0.3, -0.25) is 0 Å². The van der Waals surface area contributed by atoms with E-state index in [2.05, 4.69) is 255 Å². The highest BCUT2D eigenvalue weighted by molar-refractivity contribution is 5.94. The first-order valence-corrected chi connectivity index (χ1v) is 19.2. The lowest BCUT2D eigenvalue weighted by atomic mass is 9.94. The van der Waals surface area contributed by atoms with Crippen LogP contribution in [-0.2, 0) is 0 Å². The molecule has 0 N–H and O–H groups in total. The van der Waals surface area contributed by atoms with E-state index < -0.39 is 0 Å². The van der Waals surface area contributed by atoms with Gasteiger partial charge in [0.25, 0.3) is 0 Å². The normalized spacial score (nSPS) is 11.1. The second kappa shape index (κ2) is 17.7. The van der Waals surface area contributed by atoms with E-state index in [1.165, 1.54) is 66.8 Å². The molecule has 8 rings (SSSR count). The van der Waals surface area contributed by atoms with Gasteiger partial charge in [0.15, 0.2) is 0 Å². The third-order valence-electron chi connectivity index (χ3n) is 10.00. The van der Waals surface area contributed by atoms with Crippen molar-refractivity contribution in [3.63, 3.8) is 0 Å². The van der Waals surface area contributed by atoms with Gasteiger partial charge in [-0.05, 0) is 90.1 Å². The van der Waals surface area contributed by atoms with Gasteiger partial charge in [-0.25, -0.2) is 0 Å². The summed E-state index contributed by atoms with van der Waals surface area (Å²) >= 11 is 0. The minimum atomic E-state index is 1.16. The summed E-state index contributed by atoms with van der Waals surface area (Å²) in [5.41, 5.74) is 16.6. The van der Waals surface area contributed by atoms with Crippen molar-refractivity contribution in [2.45, 2.75) is 0 Å². The van der Waals surface area contributed by atoms with Gasteiger partial charge in [-0.2, -0.15) is 0 Å². The highest BCUT2D eigenvalue weighted by Crippen LogP contribution is 2.30. The van der Waals surface area contributed by atoms with E-state index in [-0.39, 0.29) is 0 Å². The van der Waals surface area contributed by atoms with Crippen molar-refractivity contribution in [2.75, 3.05) is 0 Å². The van der Waals surface area contributed by atoms with Gasteiger partial charge in [0.2, 0.25) is 0 Å². The van der Waals surface area contributed by atoms with Crippen LogP contribution in [0.5, 0.6) is 0 Å². The third-order valence-corrected chi connectivity index (χ3v) is 10.00. The SMILES string of the molecule is C(=Cc1ccccc1C=C(c1ccccc1)c1ccccc1)c1ccc(-c2ccc(C=Cc3ccccc3C=C(c3ccccc3)c3ccccc3)cc2)cc1. The molecule has 0 radical (unpaired) electrons. The van der Waals surface area contributed by atoms with Crippen LogP contribution in [0.2, 0.25) is 0 Å². The van der Waals surface area contributed by atoms with Crippen molar-refractivity contribution in [3.8, 4) is 11.1 Å². The summed E-state index contributed by atoms with van der Waals surface area (Å²) in [5, 5.41) is 0. The Morgan fingerprint density at radius 2 is 0.500 bits per heavy atom. The van der Waals surface area contributed by atoms with Gasteiger partial charge in [0.1, 0.15) is 0 Å². The molecule has 0 bridgehead atoms. The van der Waals surface area contributed by atoms with E-state index in [0.717, 1.165) is 11.1 Å². The van der Waals surface area contributed by atoms with Crippen LogP contribution in [0, 0.1) is 0 Å². The zero-order valence-electron chi connectivity index (χ0n) is 31.2. The predicted molar refractivity (Wildman–Crippen MR) is 242 cm³/mol. The van der Waals surface area contributed by atoms with Crippen molar-refractivity contribution in [1.82, 2.24) is 0 Å². The summed E-state index contributed by atoms with van der Waals surface area (Å²) in [7, 11) is 0. The molecular formula is C56H42. The van der Waals surface area contributed by atoms with Crippen LogP contribution in [0.1, 0.15) is 55.6 Å². The third kappa shape index (κ3) is 8.91. The first kappa shape index (κ1) is 35.7. The van der Waals surface area contributed by atoms with Gasteiger partial charge >= 0.3 is 0 Å². The fourth-order valence-electron chi connectivity index (χ4n) is 6.98. The summed E-state index contributed by atoms with van der Waals surface area (Å²) < 4.78 is 0. The number of hydrogen-bond donors (Lipinski definition) is 0. The first-order valence-electron chi connectivity index (χ1n) is 19.2. The highest BCUT2D eigenvalue weighted by Gasteiger charge is 2.08. The average Bonchev–Trinajstić information content (AvgIpc) is 3.28. The van der Waals surface area contributed by atoms with Gasteiger partial charge in [0, 0.05) is 0 Å². The second-order valence-corrected chi connectivity index (χ2v) is 13.7. The molecule has 0 aromatic heterocycles. The first-order chi connectivity index (χ1) is 27.8. The van der Waals surface area contributed by atoms with Gasteiger partial charge in [-0.1, -0.05) is 243 Å². The molecule has 0 aliphatic carbocycles. The van der Waals surface area contributed by atoms with E-state index in [1.807, 2.05) is 0 Å². The monoisotopic (exact) mass is 714 g/mol. The zero-order valence-corrected chi connectivity index (χ0v) is 31.2. The van der Waals surface area contributed by atoms with Crippen molar-refractivity contribution < 1.29 is 0 Å². The van der Waals surface area contributed by atoms with E-state index in [9.17, 15) is 0 Å². The molecule has 0 aliphatic heterocycles. The minimum Gasteiger partial charge on any atom is -0.0622 e. The number of benzene rings is 8. The Morgan fingerprint density at radius 1 is 0.232 bits per heavy atom. The molecule has 0 heteroatoms. The summed E-state index contributed by atoms with van der Waals surface area (Å²) in [4.78, 5) is 0. The molecule has 0 saturated carbocycles. The summed E-state index contributed by atoms with van der Waals surface area (Å²) in [6.07, 6.45) is 13.4. The highest BCUT2D eigenvalue weighted by atomic mass is 14.1.